The summed E-state index contributed by atoms with van der Waals surface area (Å²) in [4.78, 5) is 10.7. The van der Waals surface area contributed by atoms with Crippen molar-refractivity contribution in [3.63, 3.8) is 0 Å². The minimum Gasteiger partial charge on any atom is -0.496 e. The normalized spacial score (nSPS) is 16.1. The third-order valence-corrected chi connectivity index (χ3v) is 4.97. The van der Waals surface area contributed by atoms with Gasteiger partial charge in [-0.3, -0.25) is 0 Å². The van der Waals surface area contributed by atoms with E-state index in [4.69, 9.17) is 9.47 Å². The highest BCUT2D eigenvalue weighted by molar-refractivity contribution is 5.69. The highest BCUT2D eigenvalue weighted by atomic mass is 19.1. The van der Waals surface area contributed by atoms with Crippen LogP contribution in [-0.2, 0) is 6.61 Å². The first-order valence-electron chi connectivity index (χ1n) is 9.46. The Labute approximate surface area is 168 Å². The van der Waals surface area contributed by atoms with Crippen LogP contribution in [0.15, 0.2) is 54.7 Å². The van der Waals surface area contributed by atoms with Crippen molar-refractivity contribution in [1.82, 2.24) is 9.97 Å². The second-order valence-corrected chi connectivity index (χ2v) is 6.79. The minimum absolute atomic E-state index is 0.0198. The Morgan fingerprint density at radius 2 is 2.03 bits per heavy atom. The molecule has 1 aromatic carbocycles. The van der Waals surface area contributed by atoms with Gasteiger partial charge in [0.05, 0.1) is 37.3 Å². The number of methoxy groups -OCH3 is 1. The molecule has 0 spiro atoms. The van der Waals surface area contributed by atoms with Crippen LogP contribution in [0.5, 0.6) is 11.6 Å². The van der Waals surface area contributed by atoms with E-state index in [1.807, 2.05) is 36.4 Å². The van der Waals surface area contributed by atoms with Crippen LogP contribution < -0.4 is 14.4 Å². The van der Waals surface area contributed by atoms with E-state index in [2.05, 4.69) is 14.9 Å². The van der Waals surface area contributed by atoms with Crippen LogP contribution in [-0.4, -0.2) is 41.4 Å². The van der Waals surface area contributed by atoms with Crippen molar-refractivity contribution in [2.45, 2.75) is 19.1 Å². The quantitative estimate of drug-likeness (QED) is 0.690. The Balaban J connectivity index is 1.54. The third-order valence-electron chi connectivity index (χ3n) is 4.97. The van der Waals surface area contributed by atoms with Crippen molar-refractivity contribution in [1.29, 1.82) is 0 Å². The molecule has 1 aliphatic heterocycles. The molecule has 6 nitrogen and oxygen atoms in total. The van der Waals surface area contributed by atoms with E-state index in [1.165, 1.54) is 18.3 Å². The standard InChI is InChI=1S/C22H22FN3O3/c1-28-21-7-3-2-5-16(21)18-8-9-20(19(14-27)25-18)26-12-10-15(13-26)29-22-17(23)6-4-11-24-22/h2-9,11,15,27H,10,12-14H2,1H3. The lowest BCUT2D eigenvalue weighted by molar-refractivity contribution is 0.205. The topological polar surface area (TPSA) is 67.7 Å². The number of rotatable bonds is 6. The number of hydrogen-bond acceptors (Lipinski definition) is 6. The van der Waals surface area contributed by atoms with E-state index >= 15 is 0 Å². The summed E-state index contributed by atoms with van der Waals surface area (Å²) in [5.74, 6) is 0.278. The van der Waals surface area contributed by atoms with Gasteiger partial charge < -0.3 is 19.5 Å². The molecule has 2 aromatic heterocycles. The number of benzene rings is 1. The van der Waals surface area contributed by atoms with Gasteiger partial charge in [0.2, 0.25) is 0 Å². The Morgan fingerprint density at radius 1 is 1.17 bits per heavy atom. The maximum absolute atomic E-state index is 13.8. The number of para-hydroxylation sites is 1. The number of nitrogens with zero attached hydrogens (tertiary/aromatic N) is 3. The molecule has 0 radical (unpaired) electrons. The van der Waals surface area contributed by atoms with Gasteiger partial charge in [0.15, 0.2) is 5.82 Å². The lowest BCUT2D eigenvalue weighted by Gasteiger charge is -2.22. The molecule has 150 valence electrons. The van der Waals surface area contributed by atoms with Crippen LogP contribution in [0.1, 0.15) is 12.1 Å². The van der Waals surface area contributed by atoms with Gasteiger partial charge in [-0.2, -0.15) is 0 Å². The van der Waals surface area contributed by atoms with E-state index in [0.29, 0.717) is 12.2 Å². The predicted molar refractivity (Wildman–Crippen MR) is 108 cm³/mol. The largest absolute Gasteiger partial charge is 0.496 e. The molecule has 0 saturated carbocycles. The van der Waals surface area contributed by atoms with Gasteiger partial charge in [0, 0.05) is 24.7 Å². The number of anilines is 1. The Bertz CT molecular complexity index is 999. The average Bonchev–Trinajstić information content (AvgIpc) is 3.23. The fourth-order valence-electron chi connectivity index (χ4n) is 3.56. The van der Waals surface area contributed by atoms with E-state index < -0.39 is 5.82 Å². The monoisotopic (exact) mass is 395 g/mol. The molecule has 1 aliphatic rings. The number of aromatic nitrogens is 2. The molecule has 3 aromatic rings. The number of pyridine rings is 2. The first-order valence-corrected chi connectivity index (χ1v) is 9.46. The molecule has 0 amide bonds. The molecule has 7 heteroatoms. The third kappa shape index (κ3) is 4.00. The molecule has 1 unspecified atom stereocenters. The molecular formula is C22H22FN3O3. The molecule has 29 heavy (non-hydrogen) atoms. The number of aliphatic hydroxyl groups excluding tert-OH is 1. The van der Waals surface area contributed by atoms with Crippen LogP contribution in [0.4, 0.5) is 10.1 Å². The summed E-state index contributed by atoms with van der Waals surface area (Å²) in [5.41, 5.74) is 3.03. The van der Waals surface area contributed by atoms with E-state index in [9.17, 15) is 9.50 Å². The fourth-order valence-corrected chi connectivity index (χ4v) is 3.56. The summed E-state index contributed by atoms with van der Waals surface area (Å²) < 4.78 is 24.9. The maximum atomic E-state index is 13.8. The Hall–Kier alpha value is -3.19. The number of aliphatic hydroxyl groups is 1. The zero-order chi connectivity index (χ0) is 20.2. The van der Waals surface area contributed by atoms with Gasteiger partial charge >= 0.3 is 0 Å². The van der Waals surface area contributed by atoms with E-state index in [1.54, 1.807) is 7.11 Å². The van der Waals surface area contributed by atoms with Crippen LogP contribution in [0, 0.1) is 5.82 Å². The van der Waals surface area contributed by atoms with Crippen molar-refractivity contribution < 1.29 is 19.0 Å². The molecule has 0 bridgehead atoms. The van der Waals surface area contributed by atoms with Crippen molar-refractivity contribution in [2.75, 3.05) is 25.1 Å². The molecule has 4 rings (SSSR count). The zero-order valence-electron chi connectivity index (χ0n) is 16.1. The second kappa shape index (κ2) is 8.45. The average molecular weight is 395 g/mol. The number of hydrogen-bond donors (Lipinski definition) is 1. The molecule has 1 atom stereocenters. The van der Waals surface area contributed by atoms with Crippen LogP contribution in [0.25, 0.3) is 11.3 Å². The zero-order valence-corrected chi connectivity index (χ0v) is 16.1. The minimum atomic E-state index is -0.468. The first-order chi connectivity index (χ1) is 14.2. The van der Waals surface area contributed by atoms with Gasteiger partial charge in [-0.05, 0) is 36.4 Å². The molecule has 1 N–H and O–H groups in total. The van der Waals surface area contributed by atoms with Gasteiger partial charge in [0.25, 0.3) is 5.88 Å². The lowest BCUT2D eigenvalue weighted by Crippen LogP contribution is -2.26. The summed E-state index contributed by atoms with van der Waals surface area (Å²) in [5, 5.41) is 9.90. The molecule has 3 heterocycles. The van der Waals surface area contributed by atoms with Crippen molar-refractivity contribution >= 4 is 5.69 Å². The van der Waals surface area contributed by atoms with Crippen LogP contribution in [0.3, 0.4) is 0 Å². The molecule has 1 saturated heterocycles. The van der Waals surface area contributed by atoms with E-state index in [0.717, 1.165) is 35.7 Å². The van der Waals surface area contributed by atoms with Crippen LogP contribution >= 0.6 is 0 Å². The van der Waals surface area contributed by atoms with Gasteiger partial charge in [-0.1, -0.05) is 12.1 Å². The number of halogens is 1. The highest BCUT2D eigenvalue weighted by Crippen LogP contribution is 2.32. The lowest BCUT2D eigenvalue weighted by atomic mass is 10.1. The fraction of sp³-hybridized carbons (Fsp3) is 0.273. The molecular weight excluding hydrogens is 373 g/mol. The Morgan fingerprint density at radius 3 is 2.83 bits per heavy atom. The first kappa shape index (κ1) is 19.1. The van der Waals surface area contributed by atoms with E-state index in [-0.39, 0.29) is 18.6 Å². The summed E-state index contributed by atoms with van der Waals surface area (Å²) >= 11 is 0. The van der Waals surface area contributed by atoms with Gasteiger partial charge in [0.1, 0.15) is 11.9 Å². The van der Waals surface area contributed by atoms with Gasteiger partial charge in [-0.25, -0.2) is 14.4 Å². The summed E-state index contributed by atoms with van der Waals surface area (Å²) in [6, 6.07) is 14.4. The van der Waals surface area contributed by atoms with Gasteiger partial charge in [-0.15, -0.1) is 0 Å². The summed E-state index contributed by atoms with van der Waals surface area (Å²) in [6.07, 6.45) is 2.06. The summed E-state index contributed by atoms with van der Waals surface area (Å²) in [7, 11) is 1.62. The van der Waals surface area contributed by atoms with Crippen molar-refractivity contribution in [3.8, 4) is 22.9 Å². The SMILES string of the molecule is COc1ccccc1-c1ccc(N2CCC(Oc3ncccc3F)C2)c(CO)n1. The van der Waals surface area contributed by atoms with Crippen molar-refractivity contribution in [2.24, 2.45) is 0 Å². The Kier molecular flexibility index (Phi) is 5.57. The predicted octanol–water partition coefficient (Wildman–Crippen LogP) is 3.44. The molecule has 0 aliphatic carbocycles. The highest BCUT2D eigenvalue weighted by Gasteiger charge is 2.27. The second-order valence-electron chi connectivity index (χ2n) is 6.79. The van der Waals surface area contributed by atoms with Crippen LogP contribution in [0.2, 0.25) is 0 Å². The van der Waals surface area contributed by atoms with Crippen molar-refractivity contribution in [3.05, 3.63) is 66.2 Å². The maximum Gasteiger partial charge on any atom is 0.250 e. The number of ether oxygens (including phenoxy) is 2. The summed E-state index contributed by atoms with van der Waals surface area (Å²) in [6.45, 7) is 1.11. The smallest absolute Gasteiger partial charge is 0.250 e. The molecule has 1 fully saturated rings.